The largest absolute Gasteiger partial charge is 0.416 e. The standard InChI is InChI=1S/C14H10ClF4N.ClH/c15-13-4-3-10(16)6-12(13)11-5-9(14(17,18)19)2-1-8(11)7-20;/h1-6H,7,20H2;1H. The molecule has 0 bridgehead atoms. The summed E-state index contributed by atoms with van der Waals surface area (Å²) in [5.74, 6) is -0.579. The summed E-state index contributed by atoms with van der Waals surface area (Å²) in [4.78, 5) is 0. The van der Waals surface area contributed by atoms with Crippen molar-refractivity contribution in [3.8, 4) is 11.1 Å². The number of benzene rings is 2. The van der Waals surface area contributed by atoms with Gasteiger partial charge in [0.1, 0.15) is 5.82 Å². The number of rotatable bonds is 2. The highest BCUT2D eigenvalue weighted by Gasteiger charge is 2.31. The van der Waals surface area contributed by atoms with Gasteiger partial charge in [-0.15, -0.1) is 12.4 Å². The van der Waals surface area contributed by atoms with Crippen molar-refractivity contribution in [2.75, 3.05) is 0 Å². The highest BCUT2D eigenvalue weighted by molar-refractivity contribution is 6.33. The molecule has 0 spiro atoms. The first-order valence-electron chi connectivity index (χ1n) is 5.68. The van der Waals surface area contributed by atoms with Crippen LogP contribution in [-0.2, 0) is 12.7 Å². The van der Waals surface area contributed by atoms with Crippen molar-refractivity contribution in [2.24, 2.45) is 5.73 Å². The van der Waals surface area contributed by atoms with Crippen LogP contribution in [0.25, 0.3) is 11.1 Å². The van der Waals surface area contributed by atoms with Crippen molar-refractivity contribution >= 4 is 24.0 Å². The van der Waals surface area contributed by atoms with Gasteiger partial charge in [-0.2, -0.15) is 13.2 Å². The van der Waals surface area contributed by atoms with E-state index in [-0.39, 0.29) is 35.1 Å². The highest BCUT2D eigenvalue weighted by atomic mass is 35.5. The summed E-state index contributed by atoms with van der Waals surface area (Å²) >= 11 is 5.94. The second kappa shape index (κ2) is 6.64. The molecule has 0 aliphatic rings. The quantitative estimate of drug-likeness (QED) is 0.761. The molecule has 0 aromatic heterocycles. The molecule has 2 rings (SSSR count). The lowest BCUT2D eigenvalue weighted by Crippen LogP contribution is -2.07. The second-order valence-corrected chi connectivity index (χ2v) is 4.61. The first kappa shape index (κ1) is 17.8. The van der Waals surface area contributed by atoms with Gasteiger partial charge in [-0.1, -0.05) is 17.7 Å². The third kappa shape index (κ3) is 3.87. The number of nitrogens with two attached hydrogens (primary N) is 1. The van der Waals surface area contributed by atoms with Crippen molar-refractivity contribution in [1.29, 1.82) is 0 Å². The molecule has 0 unspecified atom stereocenters. The molecule has 2 aromatic rings. The summed E-state index contributed by atoms with van der Waals surface area (Å²) in [7, 11) is 0. The summed E-state index contributed by atoms with van der Waals surface area (Å²) in [5.41, 5.74) is 5.53. The van der Waals surface area contributed by atoms with Crippen LogP contribution in [0.2, 0.25) is 5.02 Å². The van der Waals surface area contributed by atoms with Crippen LogP contribution < -0.4 is 5.73 Å². The van der Waals surface area contributed by atoms with Crippen LogP contribution in [-0.4, -0.2) is 0 Å². The monoisotopic (exact) mass is 339 g/mol. The van der Waals surface area contributed by atoms with Gasteiger partial charge in [-0.05, 0) is 41.5 Å². The van der Waals surface area contributed by atoms with Crippen LogP contribution in [0, 0.1) is 5.82 Å². The number of hydrogen-bond acceptors (Lipinski definition) is 1. The lowest BCUT2D eigenvalue weighted by molar-refractivity contribution is -0.137. The van der Waals surface area contributed by atoms with Crippen LogP contribution in [0.4, 0.5) is 17.6 Å². The van der Waals surface area contributed by atoms with Gasteiger partial charge in [0.2, 0.25) is 0 Å². The number of alkyl halides is 3. The van der Waals surface area contributed by atoms with Crippen molar-refractivity contribution < 1.29 is 17.6 Å². The Morgan fingerprint density at radius 1 is 1.00 bits per heavy atom. The maximum absolute atomic E-state index is 13.3. The fourth-order valence-corrected chi connectivity index (χ4v) is 2.10. The Morgan fingerprint density at radius 2 is 1.67 bits per heavy atom. The minimum atomic E-state index is -4.48. The molecule has 0 saturated heterocycles. The van der Waals surface area contributed by atoms with E-state index in [1.807, 2.05) is 0 Å². The summed E-state index contributed by atoms with van der Waals surface area (Å²) < 4.78 is 51.6. The molecular weight excluding hydrogens is 329 g/mol. The molecule has 1 nitrogen and oxygen atoms in total. The van der Waals surface area contributed by atoms with Gasteiger partial charge in [0, 0.05) is 17.1 Å². The van der Waals surface area contributed by atoms with Gasteiger partial charge < -0.3 is 5.73 Å². The summed E-state index contributed by atoms with van der Waals surface area (Å²) in [5, 5.41) is 0.167. The Morgan fingerprint density at radius 3 is 2.24 bits per heavy atom. The number of halogens is 6. The van der Waals surface area contributed by atoms with E-state index >= 15 is 0 Å². The summed E-state index contributed by atoms with van der Waals surface area (Å²) in [6.45, 7) is 0.0281. The first-order chi connectivity index (χ1) is 9.32. The third-order valence-corrected chi connectivity index (χ3v) is 3.21. The van der Waals surface area contributed by atoms with Gasteiger partial charge in [0.25, 0.3) is 0 Å². The Hall–Kier alpha value is -1.30. The summed E-state index contributed by atoms with van der Waals surface area (Å²) in [6.07, 6.45) is -4.48. The second-order valence-electron chi connectivity index (χ2n) is 4.20. The van der Waals surface area contributed by atoms with Crippen LogP contribution >= 0.6 is 24.0 Å². The van der Waals surface area contributed by atoms with E-state index in [4.69, 9.17) is 17.3 Å². The molecule has 0 fully saturated rings. The molecule has 7 heteroatoms. The van der Waals surface area contributed by atoms with E-state index in [2.05, 4.69) is 0 Å². The predicted molar refractivity (Wildman–Crippen MR) is 77.0 cm³/mol. The molecule has 0 amide bonds. The molecule has 2 aromatic carbocycles. The maximum atomic E-state index is 13.3. The smallest absolute Gasteiger partial charge is 0.326 e. The summed E-state index contributed by atoms with van der Waals surface area (Å²) in [6, 6.07) is 6.69. The molecule has 114 valence electrons. The SMILES string of the molecule is Cl.NCc1ccc(C(F)(F)F)cc1-c1cc(F)ccc1Cl. The Balaban J connectivity index is 0.00000220. The minimum absolute atomic E-state index is 0. The molecule has 0 radical (unpaired) electrons. The van der Waals surface area contributed by atoms with Crippen LogP contribution in [0.5, 0.6) is 0 Å². The Bertz CT molecular complexity index is 641. The van der Waals surface area contributed by atoms with Gasteiger partial charge in [-0.3, -0.25) is 0 Å². The van der Waals surface area contributed by atoms with Crippen molar-refractivity contribution in [1.82, 2.24) is 0 Å². The van der Waals surface area contributed by atoms with E-state index in [9.17, 15) is 17.6 Å². The lowest BCUT2D eigenvalue weighted by Gasteiger charge is -2.14. The molecule has 0 saturated carbocycles. The van der Waals surface area contributed by atoms with Crippen LogP contribution in [0.1, 0.15) is 11.1 Å². The van der Waals surface area contributed by atoms with Gasteiger partial charge >= 0.3 is 6.18 Å². The van der Waals surface area contributed by atoms with Crippen molar-refractivity contribution in [3.05, 3.63) is 58.4 Å². The van der Waals surface area contributed by atoms with Gasteiger partial charge in [0.15, 0.2) is 0 Å². The highest BCUT2D eigenvalue weighted by Crippen LogP contribution is 2.36. The zero-order valence-electron chi connectivity index (χ0n) is 10.5. The number of hydrogen-bond donors (Lipinski definition) is 1. The third-order valence-electron chi connectivity index (χ3n) is 2.88. The molecule has 0 heterocycles. The van der Waals surface area contributed by atoms with E-state index in [1.165, 1.54) is 12.1 Å². The van der Waals surface area contributed by atoms with Crippen molar-refractivity contribution in [3.63, 3.8) is 0 Å². The van der Waals surface area contributed by atoms with Crippen molar-refractivity contribution in [2.45, 2.75) is 12.7 Å². The fraction of sp³-hybridized carbons (Fsp3) is 0.143. The Kier molecular flexibility index (Phi) is 5.61. The van der Waals surface area contributed by atoms with Gasteiger partial charge in [0.05, 0.1) is 5.56 Å². The molecule has 0 aliphatic heterocycles. The predicted octanol–water partition coefficient (Wildman–Crippen LogP) is 5.05. The topological polar surface area (TPSA) is 26.0 Å². The van der Waals surface area contributed by atoms with E-state index < -0.39 is 17.6 Å². The first-order valence-corrected chi connectivity index (χ1v) is 6.06. The average Bonchev–Trinajstić information content (AvgIpc) is 2.40. The van der Waals surface area contributed by atoms with Crippen LogP contribution in [0.3, 0.4) is 0 Å². The molecule has 21 heavy (non-hydrogen) atoms. The zero-order valence-corrected chi connectivity index (χ0v) is 12.1. The normalized spacial score (nSPS) is 11.1. The van der Waals surface area contributed by atoms with Gasteiger partial charge in [-0.25, -0.2) is 4.39 Å². The Labute approximate surface area is 130 Å². The van der Waals surface area contributed by atoms with Crippen LogP contribution in [0.15, 0.2) is 36.4 Å². The van der Waals surface area contributed by atoms with E-state index in [1.54, 1.807) is 0 Å². The zero-order chi connectivity index (χ0) is 14.9. The molecule has 0 atom stereocenters. The molecular formula is C14H11Cl2F4N. The van der Waals surface area contributed by atoms with E-state index in [0.717, 1.165) is 24.3 Å². The minimum Gasteiger partial charge on any atom is -0.326 e. The fourth-order valence-electron chi connectivity index (χ4n) is 1.89. The molecule has 0 aliphatic carbocycles. The molecule has 2 N–H and O–H groups in total. The average molecular weight is 340 g/mol. The maximum Gasteiger partial charge on any atom is 0.416 e. The van der Waals surface area contributed by atoms with E-state index in [0.29, 0.717) is 5.56 Å². The lowest BCUT2D eigenvalue weighted by atomic mass is 9.97.